The molecule has 7 heteroatoms. The summed E-state index contributed by atoms with van der Waals surface area (Å²) in [7, 11) is 0. The van der Waals surface area contributed by atoms with Gasteiger partial charge in [-0.05, 0) is 19.9 Å². The Morgan fingerprint density at radius 1 is 1.28 bits per heavy atom. The van der Waals surface area contributed by atoms with Crippen LogP contribution in [0.25, 0.3) is 0 Å². The normalized spacial score (nSPS) is 10.4. The van der Waals surface area contributed by atoms with E-state index in [4.69, 9.17) is 27.6 Å². The zero-order chi connectivity index (χ0) is 13.3. The fraction of sp³-hybridized carbons (Fsp3) is 0.182. The van der Waals surface area contributed by atoms with Crippen LogP contribution in [0.3, 0.4) is 0 Å². The van der Waals surface area contributed by atoms with Crippen LogP contribution in [0.2, 0.25) is 10.3 Å². The van der Waals surface area contributed by atoms with Crippen LogP contribution in [-0.4, -0.2) is 15.9 Å². The van der Waals surface area contributed by atoms with Crippen LogP contribution >= 0.6 is 23.2 Å². The highest BCUT2D eigenvalue weighted by atomic mass is 35.5. The minimum Gasteiger partial charge on any atom is -0.466 e. The zero-order valence-electron chi connectivity index (χ0n) is 9.62. The molecule has 0 radical (unpaired) electrons. The van der Waals surface area contributed by atoms with Gasteiger partial charge < -0.3 is 9.73 Å². The minimum atomic E-state index is -0.372. The predicted octanol–water partition coefficient (Wildman–Crippen LogP) is 3.25. The molecule has 1 amide bonds. The van der Waals surface area contributed by atoms with Gasteiger partial charge in [-0.25, -0.2) is 9.97 Å². The summed E-state index contributed by atoms with van der Waals surface area (Å²) in [6.07, 6.45) is 1.22. The molecule has 2 rings (SSSR count). The molecule has 5 nitrogen and oxygen atoms in total. The van der Waals surface area contributed by atoms with Crippen LogP contribution < -0.4 is 5.32 Å². The highest BCUT2D eigenvalue weighted by Crippen LogP contribution is 2.26. The number of carbonyl (C=O) groups is 1. The van der Waals surface area contributed by atoms with E-state index in [1.807, 2.05) is 0 Å². The number of furan rings is 1. The van der Waals surface area contributed by atoms with Gasteiger partial charge >= 0.3 is 0 Å². The molecular formula is C11H9Cl2N3O2. The SMILES string of the molecule is Cc1cc(C(=O)Nc2c(Cl)ncnc2Cl)c(C)o1. The first-order valence-corrected chi connectivity index (χ1v) is 5.79. The predicted molar refractivity (Wildman–Crippen MR) is 68.2 cm³/mol. The summed E-state index contributed by atoms with van der Waals surface area (Å²) in [5, 5.41) is 2.73. The average Bonchev–Trinajstić information content (AvgIpc) is 2.63. The van der Waals surface area contributed by atoms with Crippen molar-refractivity contribution in [2.75, 3.05) is 5.32 Å². The van der Waals surface area contributed by atoms with Gasteiger partial charge in [0.05, 0.1) is 5.56 Å². The largest absolute Gasteiger partial charge is 0.466 e. The van der Waals surface area contributed by atoms with Crippen LogP contribution in [-0.2, 0) is 0 Å². The van der Waals surface area contributed by atoms with Crippen molar-refractivity contribution >= 4 is 34.8 Å². The molecule has 2 heterocycles. The lowest BCUT2D eigenvalue weighted by Crippen LogP contribution is -2.13. The van der Waals surface area contributed by atoms with E-state index < -0.39 is 0 Å². The van der Waals surface area contributed by atoms with E-state index in [1.165, 1.54) is 6.33 Å². The molecule has 0 aromatic carbocycles. The molecule has 0 spiro atoms. The Morgan fingerprint density at radius 2 is 1.89 bits per heavy atom. The zero-order valence-corrected chi connectivity index (χ0v) is 11.1. The van der Waals surface area contributed by atoms with Crippen molar-refractivity contribution in [3.8, 4) is 0 Å². The van der Waals surface area contributed by atoms with Crippen molar-refractivity contribution in [2.24, 2.45) is 0 Å². The van der Waals surface area contributed by atoms with E-state index >= 15 is 0 Å². The first kappa shape index (κ1) is 12.9. The molecule has 0 aliphatic heterocycles. The van der Waals surface area contributed by atoms with Gasteiger partial charge in [0.1, 0.15) is 23.5 Å². The molecular weight excluding hydrogens is 277 g/mol. The lowest BCUT2D eigenvalue weighted by Gasteiger charge is -2.06. The quantitative estimate of drug-likeness (QED) is 0.860. The monoisotopic (exact) mass is 285 g/mol. The third kappa shape index (κ3) is 2.47. The number of hydrogen-bond donors (Lipinski definition) is 1. The fourth-order valence-electron chi connectivity index (χ4n) is 1.48. The van der Waals surface area contributed by atoms with E-state index in [-0.39, 0.29) is 21.9 Å². The lowest BCUT2D eigenvalue weighted by molar-refractivity contribution is 0.102. The summed E-state index contributed by atoms with van der Waals surface area (Å²) in [5.41, 5.74) is 0.604. The Balaban J connectivity index is 2.30. The van der Waals surface area contributed by atoms with Gasteiger partial charge in [-0.2, -0.15) is 0 Å². The Morgan fingerprint density at radius 3 is 2.39 bits per heavy atom. The van der Waals surface area contributed by atoms with Crippen molar-refractivity contribution in [1.82, 2.24) is 9.97 Å². The lowest BCUT2D eigenvalue weighted by atomic mass is 10.2. The molecule has 0 bridgehead atoms. The van der Waals surface area contributed by atoms with E-state index in [0.717, 1.165) is 0 Å². The van der Waals surface area contributed by atoms with Gasteiger partial charge in [-0.3, -0.25) is 4.79 Å². The number of nitrogens with one attached hydrogen (secondary N) is 1. The van der Waals surface area contributed by atoms with Gasteiger partial charge in [0.15, 0.2) is 10.3 Å². The molecule has 0 aliphatic rings. The molecule has 1 N–H and O–H groups in total. The number of anilines is 1. The highest BCUT2D eigenvalue weighted by molar-refractivity contribution is 6.38. The first-order chi connectivity index (χ1) is 8.49. The first-order valence-electron chi connectivity index (χ1n) is 5.03. The number of aryl methyl sites for hydroxylation is 2. The summed E-state index contributed by atoms with van der Waals surface area (Å²) in [5.74, 6) is 0.802. The van der Waals surface area contributed by atoms with E-state index in [2.05, 4.69) is 15.3 Å². The van der Waals surface area contributed by atoms with Crippen LogP contribution in [0.5, 0.6) is 0 Å². The van der Waals surface area contributed by atoms with Crippen molar-refractivity contribution in [3.05, 3.63) is 39.8 Å². The smallest absolute Gasteiger partial charge is 0.259 e. The fourth-order valence-corrected chi connectivity index (χ4v) is 1.89. The van der Waals surface area contributed by atoms with Crippen LogP contribution in [0.4, 0.5) is 5.69 Å². The maximum absolute atomic E-state index is 12.0. The number of halogens is 2. The third-order valence-electron chi connectivity index (χ3n) is 2.28. The molecule has 0 saturated carbocycles. The second kappa shape index (κ2) is 4.96. The Hall–Kier alpha value is -1.59. The number of hydrogen-bond acceptors (Lipinski definition) is 4. The maximum Gasteiger partial charge on any atom is 0.259 e. The van der Waals surface area contributed by atoms with Gasteiger partial charge in [0, 0.05) is 0 Å². The molecule has 2 aromatic heterocycles. The summed E-state index contributed by atoms with van der Waals surface area (Å²) < 4.78 is 5.28. The summed E-state index contributed by atoms with van der Waals surface area (Å²) >= 11 is 11.7. The Kier molecular flexibility index (Phi) is 3.54. The summed E-state index contributed by atoms with van der Waals surface area (Å²) in [6.45, 7) is 3.46. The van der Waals surface area contributed by atoms with Gasteiger partial charge in [0.25, 0.3) is 5.91 Å². The second-order valence-electron chi connectivity index (χ2n) is 3.61. The number of carbonyl (C=O) groups excluding carboxylic acids is 1. The molecule has 0 aliphatic carbocycles. The van der Waals surface area contributed by atoms with Crippen molar-refractivity contribution in [1.29, 1.82) is 0 Å². The van der Waals surface area contributed by atoms with Gasteiger partial charge in [0.2, 0.25) is 0 Å². The van der Waals surface area contributed by atoms with Crippen molar-refractivity contribution < 1.29 is 9.21 Å². The summed E-state index contributed by atoms with van der Waals surface area (Å²) in [4.78, 5) is 19.5. The average molecular weight is 286 g/mol. The van der Waals surface area contributed by atoms with Crippen molar-refractivity contribution in [2.45, 2.75) is 13.8 Å². The molecule has 0 atom stereocenters. The molecule has 2 aromatic rings. The van der Waals surface area contributed by atoms with E-state index in [0.29, 0.717) is 17.1 Å². The number of amides is 1. The Labute approximate surface area is 113 Å². The van der Waals surface area contributed by atoms with Gasteiger partial charge in [-0.1, -0.05) is 23.2 Å². The van der Waals surface area contributed by atoms with E-state index in [1.54, 1.807) is 19.9 Å². The van der Waals surface area contributed by atoms with Crippen LogP contribution in [0, 0.1) is 13.8 Å². The summed E-state index contributed by atoms with van der Waals surface area (Å²) in [6, 6.07) is 1.64. The topological polar surface area (TPSA) is 68.0 Å². The number of rotatable bonds is 2. The highest BCUT2D eigenvalue weighted by Gasteiger charge is 2.17. The Bertz CT molecular complexity index is 590. The molecule has 0 unspecified atom stereocenters. The van der Waals surface area contributed by atoms with Crippen LogP contribution in [0.1, 0.15) is 21.9 Å². The molecule has 94 valence electrons. The number of nitrogens with zero attached hydrogens (tertiary/aromatic N) is 2. The number of aromatic nitrogens is 2. The van der Waals surface area contributed by atoms with Gasteiger partial charge in [-0.15, -0.1) is 0 Å². The maximum atomic E-state index is 12.0. The third-order valence-corrected chi connectivity index (χ3v) is 2.85. The van der Waals surface area contributed by atoms with Crippen LogP contribution in [0.15, 0.2) is 16.8 Å². The second-order valence-corrected chi connectivity index (χ2v) is 4.33. The van der Waals surface area contributed by atoms with Crippen molar-refractivity contribution in [3.63, 3.8) is 0 Å². The molecule has 0 fully saturated rings. The van der Waals surface area contributed by atoms with E-state index in [9.17, 15) is 4.79 Å². The molecule has 18 heavy (non-hydrogen) atoms. The minimum absolute atomic E-state index is 0.0845. The standard InChI is InChI=1S/C11H9Cl2N3O2/c1-5-3-7(6(2)18-5)11(17)16-8-9(12)14-4-15-10(8)13/h3-4H,1-2H3,(H,16,17). The molecule has 0 saturated heterocycles.